The quantitative estimate of drug-likeness (QED) is 0.307. The van der Waals surface area contributed by atoms with E-state index in [0.29, 0.717) is 16.7 Å². The van der Waals surface area contributed by atoms with Crippen molar-refractivity contribution in [2.24, 2.45) is 28.6 Å². The molecule has 4 atom stereocenters. The molecule has 0 nitrogen and oxygen atoms in total. The molecule has 31 heavy (non-hydrogen) atoms. The summed E-state index contributed by atoms with van der Waals surface area (Å²) < 4.78 is 0. The molecule has 0 heteroatoms. The molecule has 0 heterocycles. The van der Waals surface area contributed by atoms with Crippen LogP contribution in [0, 0.1) is 41.4 Å². The second-order valence-electron chi connectivity index (χ2n) is 9.70. The molecule has 184 valence electrons. The lowest BCUT2D eigenvalue weighted by molar-refractivity contribution is 0.0991. The van der Waals surface area contributed by atoms with E-state index < -0.39 is 0 Å². The summed E-state index contributed by atoms with van der Waals surface area (Å²) in [6, 6.07) is 0. The van der Waals surface area contributed by atoms with Crippen LogP contribution in [0.25, 0.3) is 0 Å². The lowest BCUT2D eigenvalue weighted by Gasteiger charge is -2.53. The summed E-state index contributed by atoms with van der Waals surface area (Å²) in [7, 11) is 0. The Hall–Kier alpha value is -0.960. The average molecular weight is 433 g/mol. The molecule has 2 aliphatic carbocycles. The lowest BCUT2D eigenvalue weighted by Crippen LogP contribution is -2.43. The third kappa shape index (κ3) is 8.83. The Bertz CT molecular complexity index is 513. The molecule has 0 N–H and O–H groups in total. The zero-order chi connectivity index (χ0) is 25.4. The van der Waals surface area contributed by atoms with Crippen molar-refractivity contribution in [2.75, 3.05) is 0 Å². The van der Waals surface area contributed by atoms with Crippen LogP contribution in [0.4, 0.5) is 0 Å². The second kappa shape index (κ2) is 17.6. The third-order valence-electron chi connectivity index (χ3n) is 7.73. The number of hydrogen-bond donors (Lipinski definition) is 0. The zero-order valence-corrected chi connectivity index (χ0v) is 24.0. The van der Waals surface area contributed by atoms with Gasteiger partial charge in [0.25, 0.3) is 0 Å². The van der Waals surface area contributed by atoms with E-state index >= 15 is 0 Å². The van der Waals surface area contributed by atoms with Gasteiger partial charge in [0, 0.05) is 0 Å². The largest absolute Gasteiger partial charge is 0.124 e. The van der Waals surface area contributed by atoms with Gasteiger partial charge in [-0.3, -0.25) is 0 Å². The summed E-state index contributed by atoms with van der Waals surface area (Å²) in [5.74, 6) is 2.14. The Kier molecular flexibility index (Phi) is 19.6. The first-order chi connectivity index (χ1) is 14.6. The van der Waals surface area contributed by atoms with Crippen molar-refractivity contribution in [3.05, 3.63) is 23.3 Å². The summed E-state index contributed by atoms with van der Waals surface area (Å²) in [5.41, 5.74) is 5.54. The molecule has 0 aromatic heterocycles. The molecular formula is C31H60. The van der Waals surface area contributed by atoms with Crippen LogP contribution >= 0.6 is 0 Å². The van der Waals surface area contributed by atoms with Crippen molar-refractivity contribution in [1.82, 2.24) is 0 Å². The van der Waals surface area contributed by atoms with Gasteiger partial charge in [-0.15, -0.1) is 12.8 Å². The van der Waals surface area contributed by atoms with Crippen LogP contribution in [0.15, 0.2) is 23.3 Å². The monoisotopic (exact) mass is 432 g/mol. The summed E-state index contributed by atoms with van der Waals surface area (Å²) in [4.78, 5) is 0. The normalized spacial score (nSPS) is 28.5. The van der Waals surface area contributed by atoms with Crippen molar-refractivity contribution in [3.8, 4) is 12.8 Å². The first kappa shape index (κ1) is 34.6. The van der Waals surface area contributed by atoms with Crippen LogP contribution in [-0.2, 0) is 0 Å². The van der Waals surface area contributed by atoms with E-state index in [1.54, 1.807) is 11.1 Å². The van der Waals surface area contributed by atoms with Gasteiger partial charge < -0.3 is 0 Å². The fraction of sp³-hybridized carbons (Fsp3) is 0.806. The lowest BCUT2D eigenvalue weighted by atomic mass is 9.52. The van der Waals surface area contributed by atoms with E-state index in [-0.39, 0.29) is 0 Å². The van der Waals surface area contributed by atoms with Gasteiger partial charge in [-0.05, 0) is 61.2 Å². The first-order valence-corrected chi connectivity index (χ1v) is 13.3. The molecule has 0 saturated heterocycles. The van der Waals surface area contributed by atoms with Gasteiger partial charge in [0.2, 0.25) is 0 Å². The van der Waals surface area contributed by atoms with Crippen LogP contribution in [0.5, 0.6) is 0 Å². The minimum absolute atomic E-state index is 0.311. The van der Waals surface area contributed by atoms with E-state index in [4.69, 9.17) is 0 Å². The number of fused-ring (bicyclic) bond motifs is 2. The molecule has 0 aliphatic heterocycles. The van der Waals surface area contributed by atoms with Gasteiger partial charge in [-0.2, -0.15) is 0 Å². The highest BCUT2D eigenvalue weighted by Gasteiger charge is 2.47. The highest BCUT2D eigenvalue weighted by atomic mass is 14.5. The zero-order valence-electron chi connectivity index (χ0n) is 24.0. The summed E-state index contributed by atoms with van der Waals surface area (Å²) in [5, 5.41) is 0. The van der Waals surface area contributed by atoms with Gasteiger partial charge in [0.15, 0.2) is 0 Å². The first-order valence-electron chi connectivity index (χ1n) is 13.3. The number of allylic oxidation sites excluding steroid dienone is 3. The Morgan fingerprint density at radius 2 is 1.35 bits per heavy atom. The minimum Gasteiger partial charge on any atom is -0.124 e. The number of hydrogen-bond acceptors (Lipinski definition) is 0. The molecule has 2 rings (SSSR count). The maximum Gasteiger partial charge on any atom is -0.00105 e. The Morgan fingerprint density at radius 3 is 1.74 bits per heavy atom. The van der Waals surface area contributed by atoms with Gasteiger partial charge in [0.1, 0.15) is 0 Å². The second-order valence-corrected chi connectivity index (χ2v) is 9.70. The van der Waals surface area contributed by atoms with Gasteiger partial charge in [-0.1, -0.05) is 126 Å². The Morgan fingerprint density at radius 1 is 0.903 bits per heavy atom. The molecule has 2 aliphatic rings. The number of rotatable bonds is 3. The van der Waals surface area contributed by atoms with E-state index in [1.807, 2.05) is 27.7 Å². The molecular weight excluding hydrogens is 372 g/mol. The van der Waals surface area contributed by atoms with Crippen molar-refractivity contribution < 1.29 is 0 Å². The molecule has 0 spiro atoms. The Balaban J connectivity index is -0.000000676. The molecule has 0 aromatic carbocycles. The summed E-state index contributed by atoms with van der Waals surface area (Å²) in [6.45, 7) is 34.1. The fourth-order valence-electron chi connectivity index (χ4n) is 5.59. The number of terminal acetylenes is 1. The van der Waals surface area contributed by atoms with Crippen LogP contribution in [0.3, 0.4) is 0 Å². The van der Waals surface area contributed by atoms with E-state index in [2.05, 4.69) is 81.7 Å². The molecule has 2 bridgehead atoms. The average Bonchev–Trinajstić information content (AvgIpc) is 2.78. The number of unbranched alkanes of at least 4 members (excludes halogenated alkanes) is 1. The molecule has 1 fully saturated rings. The van der Waals surface area contributed by atoms with Crippen LogP contribution in [0.2, 0.25) is 0 Å². The Labute approximate surface area is 199 Å². The van der Waals surface area contributed by atoms with Crippen LogP contribution in [-0.4, -0.2) is 0 Å². The van der Waals surface area contributed by atoms with Crippen molar-refractivity contribution >= 4 is 0 Å². The van der Waals surface area contributed by atoms with Crippen molar-refractivity contribution in [2.45, 2.75) is 135 Å². The molecule has 1 unspecified atom stereocenters. The maximum atomic E-state index is 4.63. The fourth-order valence-corrected chi connectivity index (χ4v) is 5.59. The predicted octanol–water partition coefficient (Wildman–Crippen LogP) is 10.9. The SMILES string of the molecule is C#C.C=C1[C@H](C)C2=C(C)CC[C@@H](CC(C)[C@@]1(C)CCC)C2(C)C.CC.CC.CCCC. The van der Waals surface area contributed by atoms with Crippen LogP contribution < -0.4 is 0 Å². The molecule has 1 saturated carbocycles. The highest BCUT2D eigenvalue weighted by molar-refractivity contribution is 5.35. The highest BCUT2D eigenvalue weighted by Crippen LogP contribution is 2.58. The van der Waals surface area contributed by atoms with Crippen molar-refractivity contribution in [3.63, 3.8) is 0 Å². The third-order valence-corrected chi connectivity index (χ3v) is 7.73. The topological polar surface area (TPSA) is 0 Å². The van der Waals surface area contributed by atoms with Gasteiger partial charge in [-0.25, -0.2) is 0 Å². The van der Waals surface area contributed by atoms with E-state index in [1.165, 1.54) is 50.5 Å². The molecule has 0 amide bonds. The smallest absolute Gasteiger partial charge is 0.00105 e. The van der Waals surface area contributed by atoms with E-state index in [9.17, 15) is 0 Å². The van der Waals surface area contributed by atoms with Crippen molar-refractivity contribution in [1.29, 1.82) is 0 Å². The van der Waals surface area contributed by atoms with Crippen LogP contribution in [0.1, 0.15) is 135 Å². The molecule has 0 radical (unpaired) electrons. The van der Waals surface area contributed by atoms with Gasteiger partial charge in [0.05, 0.1) is 0 Å². The molecule has 0 aromatic rings. The maximum absolute atomic E-state index is 4.63. The summed E-state index contributed by atoms with van der Waals surface area (Å²) in [6.07, 6.45) is 17.2. The van der Waals surface area contributed by atoms with Gasteiger partial charge >= 0.3 is 0 Å². The van der Waals surface area contributed by atoms with E-state index in [0.717, 1.165) is 11.8 Å². The predicted molar refractivity (Wildman–Crippen MR) is 147 cm³/mol. The summed E-state index contributed by atoms with van der Waals surface area (Å²) >= 11 is 0. The standard InChI is InChI=1S/C21H36.C4H10.2C2H6.C2H2/c1-9-12-21(8)15(3)13-18-11-10-14(2)19(20(18,6)7)16(4)17(21)5;1-3-4-2;3*1-2/h15-16,18H,5,9-13H2,1-4,6-8H3;3-4H2,1-2H3;2*1-2H3;1-2H/t15?,16-,18-,21+;;;;/m0..../s1. The minimum atomic E-state index is 0.311.